The van der Waals surface area contributed by atoms with Gasteiger partial charge in [0.25, 0.3) is 0 Å². The van der Waals surface area contributed by atoms with Gasteiger partial charge in [0, 0.05) is 0 Å². The van der Waals surface area contributed by atoms with Crippen molar-refractivity contribution in [3.05, 3.63) is 0 Å². The molecule has 0 amide bonds. The Morgan fingerprint density at radius 1 is 0.857 bits per heavy atom. The normalized spacial score (nSPS) is 8.57. The molecule has 7 heteroatoms. The van der Waals surface area contributed by atoms with E-state index in [0.717, 1.165) is 0 Å². The first kappa shape index (κ1) is 16.3. The quantitative estimate of drug-likeness (QED) is 0.333. The fourth-order valence-electron chi connectivity index (χ4n) is 0. The molecule has 38 valence electrons. The maximum absolute atomic E-state index is 7.33. The minimum absolute atomic E-state index is 0. The molecular weight excluding hydrogens is 252 g/mol. The third-order valence-corrected chi connectivity index (χ3v) is 0. The molecule has 7 heavy (non-hydrogen) atoms. The van der Waals surface area contributed by atoms with Gasteiger partial charge in [-0.25, -0.2) is 0 Å². The fourth-order valence-corrected chi connectivity index (χ4v) is 0. The van der Waals surface area contributed by atoms with E-state index in [0.29, 0.717) is 0 Å². The van der Waals surface area contributed by atoms with Crippen LogP contribution < -0.4 is 0 Å². The van der Waals surface area contributed by atoms with Crippen LogP contribution in [0.1, 0.15) is 0 Å². The molecule has 0 bridgehead atoms. The molecule has 0 aliphatic rings. The average molecular weight is 259 g/mol. The summed E-state index contributed by atoms with van der Waals surface area (Å²) in [5.41, 5.74) is 0. The molecule has 0 aliphatic carbocycles. The van der Waals surface area contributed by atoms with Gasteiger partial charge in [-0.2, -0.15) is 0 Å². The predicted molar refractivity (Wildman–Crippen MR) is 30.3 cm³/mol. The van der Waals surface area contributed by atoms with Crippen molar-refractivity contribution in [2.24, 2.45) is 0 Å². The van der Waals surface area contributed by atoms with Crippen molar-refractivity contribution in [3.8, 4) is 0 Å². The molecule has 0 aromatic rings. The Labute approximate surface area is 104 Å². The van der Waals surface area contributed by atoms with Crippen LogP contribution in [-0.4, -0.2) is 107 Å². The fraction of sp³-hybridized carbons (Fsp3) is 0. The van der Waals surface area contributed by atoms with Crippen LogP contribution in [0.5, 0.6) is 0 Å². The Morgan fingerprint density at radius 2 is 0.857 bits per heavy atom. The zero-order chi connectivity index (χ0) is 4.50. The summed E-state index contributed by atoms with van der Waals surface area (Å²) in [5.74, 6) is 0. The van der Waals surface area contributed by atoms with Gasteiger partial charge in [-0.1, -0.05) is 0 Å². The number of rotatable bonds is 0. The van der Waals surface area contributed by atoms with E-state index in [9.17, 15) is 0 Å². The Kier molecular flexibility index (Phi) is 15.7. The van der Waals surface area contributed by atoms with Crippen LogP contribution in [0.2, 0.25) is 0 Å². The van der Waals surface area contributed by atoms with Crippen LogP contribution in [0.25, 0.3) is 0 Å². The third kappa shape index (κ3) is 54.9. The molecule has 0 radical (unpaired) electrons. The third-order valence-electron chi connectivity index (χ3n) is 0. The predicted octanol–water partition coefficient (Wildman–Crippen LogP) is -4.17. The van der Waals surface area contributed by atoms with E-state index in [1.165, 1.54) is 0 Å². The van der Waals surface area contributed by atoms with E-state index in [4.69, 9.17) is 19.2 Å². The zero-order valence-electron chi connectivity index (χ0n) is 2.29. The van der Waals surface area contributed by atoms with E-state index < -0.39 is 9.05 Å². The molecule has 0 atom stereocenters. The van der Waals surface area contributed by atoms with Gasteiger partial charge in [-0.15, -0.1) is 0 Å². The van der Waals surface area contributed by atoms with Gasteiger partial charge in [0.2, 0.25) is 0 Å². The molecule has 0 aliphatic heterocycles. The molecule has 0 heterocycles. The van der Waals surface area contributed by atoms with Gasteiger partial charge in [-0.05, 0) is 0 Å². The van der Waals surface area contributed by atoms with E-state index in [1.807, 2.05) is 0 Å². The van der Waals surface area contributed by atoms with Crippen LogP contribution in [0.3, 0.4) is 0 Å². The summed E-state index contributed by atoms with van der Waals surface area (Å²) in [5, 5.41) is 0. The summed E-state index contributed by atoms with van der Waals surface area (Å²) in [7, 11) is -4.61. The molecule has 0 saturated heterocycles. The molecule has 0 aromatic heterocycles. The second kappa shape index (κ2) is 6.74. The van der Waals surface area contributed by atoms with E-state index in [1.54, 1.807) is 0 Å². The van der Waals surface area contributed by atoms with E-state index >= 15 is 0 Å². The SMILES string of the molecule is O[Si](O)(O)O.[BaH2].[NaH]. The summed E-state index contributed by atoms with van der Waals surface area (Å²) in [6.45, 7) is 0. The van der Waals surface area contributed by atoms with Gasteiger partial charge in [0.15, 0.2) is 0 Å². The van der Waals surface area contributed by atoms with Gasteiger partial charge in [-0.3, -0.25) is 0 Å². The maximum atomic E-state index is 7.33. The van der Waals surface area contributed by atoms with Crippen molar-refractivity contribution in [1.82, 2.24) is 0 Å². The Morgan fingerprint density at radius 3 is 0.857 bits per heavy atom. The van der Waals surface area contributed by atoms with Crippen LogP contribution in [-0.2, 0) is 0 Å². The van der Waals surface area contributed by atoms with Crippen molar-refractivity contribution < 1.29 is 19.2 Å². The molecule has 0 unspecified atom stereocenters. The average Bonchev–Trinajstić information content (AvgIpc) is 0.722. The number of hydrogen-bond acceptors (Lipinski definition) is 4. The second-order valence-electron chi connectivity index (χ2n) is 0.600. The van der Waals surface area contributed by atoms with Crippen LogP contribution in [0.4, 0.5) is 0 Å². The molecule has 0 rings (SSSR count). The molecule has 0 spiro atoms. The van der Waals surface area contributed by atoms with Crippen molar-refractivity contribution in [1.29, 1.82) is 0 Å². The molecule has 0 saturated carbocycles. The Balaban J connectivity index is -0.0000000800. The molecule has 0 aromatic carbocycles. The molecule has 4 N–H and O–H groups in total. The van der Waals surface area contributed by atoms with Gasteiger partial charge in [0.1, 0.15) is 0 Å². The van der Waals surface area contributed by atoms with E-state index in [-0.39, 0.29) is 78.4 Å². The van der Waals surface area contributed by atoms with Crippen molar-refractivity contribution >= 4 is 87.5 Å². The first-order valence-corrected chi connectivity index (χ1v) is 2.68. The summed E-state index contributed by atoms with van der Waals surface area (Å²) in [4.78, 5) is 29.3. The number of hydrogen-bond donors (Lipinski definition) is 4. The van der Waals surface area contributed by atoms with Crippen molar-refractivity contribution in [2.75, 3.05) is 0 Å². The standard InChI is InChI=1S/Ba.Na.H4O4Si.3H/c;;1-5(2,3)4;;;/h;;1-4H;;;. The topological polar surface area (TPSA) is 80.9 Å². The molecule has 4 nitrogen and oxygen atoms in total. The Hall–Kier alpha value is 2.63. The summed E-state index contributed by atoms with van der Waals surface area (Å²) < 4.78 is 0. The zero-order valence-corrected chi connectivity index (χ0v) is 3.29. The molecular formula is H7BaNaO4Si. The van der Waals surface area contributed by atoms with Gasteiger partial charge >= 0.3 is 87.5 Å². The van der Waals surface area contributed by atoms with Crippen molar-refractivity contribution in [3.63, 3.8) is 0 Å². The van der Waals surface area contributed by atoms with E-state index in [2.05, 4.69) is 0 Å². The van der Waals surface area contributed by atoms with Gasteiger partial charge in [0.05, 0.1) is 0 Å². The monoisotopic (exact) mass is 260 g/mol. The summed E-state index contributed by atoms with van der Waals surface area (Å²) >= 11 is 0. The van der Waals surface area contributed by atoms with Crippen LogP contribution in [0.15, 0.2) is 0 Å². The minimum atomic E-state index is -4.61. The first-order valence-electron chi connectivity index (χ1n) is 0.894. The Bertz CT molecular complexity index is 27.2. The second-order valence-corrected chi connectivity index (χ2v) is 1.80. The first-order chi connectivity index (χ1) is 2.00. The van der Waals surface area contributed by atoms with Crippen molar-refractivity contribution in [2.45, 2.75) is 0 Å². The van der Waals surface area contributed by atoms with Crippen LogP contribution in [0, 0.1) is 0 Å². The van der Waals surface area contributed by atoms with Crippen LogP contribution >= 0.6 is 0 Å². The van der Waals surface area contributed by atoms with Gasteiger partial charge < -0.3 is 19.2 Å². The summed E-state index contributed by atoms with van der Waals surface area (Å²) in [6, 6.07) is 0. The summed E-state index contributed by atoms with van der Waals surface area (Å²) in [6.07, 6.45) is 0. The molecule has 0 fully saturated rings.